The maximum Gasteiger partial charge on any atom is 0.164 e. The molecule has 0 aliphatic carbocycles. The van der Waals surface area contributed by atoms with Crippen molar-refractivity contribution in [3.05, 3.63) is 163 Å². The molecule has 0 bridgehead atoms. The van der Waals surface area contributed by atoms with E-state index in [0.717, 1.165) is 61.4 Å². The summed E-state index contributed by atoms with van der Waals surface area (Å²) in [5.41, 5.74) is 13.1. The molecule has 5 nitrogen and oxygen atoms in total. The Kier molecular flexibility index (Phi) is 7.55. The minimum absolute atomic E-state index is 0.614. The molecule has 8 aromatic rings. The zero-order chi connectivity index (χ0) is 32.5. The third-order valence-electron chi connectivity index (χ3n) is 8.67. The Balaban J connectivity index is 1.21. The molecule has 0 fully saturated rings. The summed E-state index contributed by atoms with van der Waals surface area (Å²) in [6.07, 6.45) is 0. The maximum atomic E-state index is 5.03. The van der Waals surface area contributed by atoms with Gasteiger partial charge in [-0.2, -0.15) is 0 Å². The van der Waals surface area contributed by atoms with Crippen molar-refractivity contribution in [3.8, 4) is 67.5 Å². The molecule has 228 valence electrons. The van der Waals surface area contributed by atoms with Gasteiger partial charge in [0.05, 0.1) is 22.4 Å². The molecule has 6 aromatic carbocycles. The Morgan fingerprint density at radius 1 is 0.271 bits per heavy atom. The second kappa shape index (κ2) is 12.5. The van der Waals surface area contributed by atoms with Gasteiger partial charge in [0.25, 0.3) is 0 Å². The molecule has 0 aliphatic rings. The van der Waals surface area contributed by atoms with Crippen LogP contribution in [0.25, 0.3) is 78.6 Å². The Morgan fingerprint density at radius 2 is 0.646 bits per heavy atom. The van der Waals surface area contributed by atoms with Crippen LogP contribution in [0.4, 0.5) is 0 Å². The van der Waals surface area contributed by atoms with Crippen molar-refractivity contribution in [2.75, 3.05) is 0 Å². The van der Waals surface area contributed by atoms with E-state index in [9.17, 15) is 0 Å². The number of benzene rings is 6. The fourth-order valence-corrected chi connectivity index (χ4v) is 5.90. The predicted octanol–water partition coefficient (Wildman–Crippen LogP) is 10.4. The highest BCUT2D eigenvalue weighted by Crippen LogP contribution is 2.31. The van der Waals surface area contributed by atoms with Gasteiger partial charge in [-0.1, -0.05) is 133 Å². The molecule has 2 aromatic heterocycles. The van der Waals surface area contributed by atoms with E-state index in [2.05, 4.69) is 127 Å². The van der Waals surface area contributed by atoms with Gasteiger partial charge in [-0.3, -0.25) is 0 Å². The Bertz CT molecular complexity index is 2280. The topological polar surface area (TPSA) is 64.5 Å². The number of aryl methyl sites for hydroxylation is 2. The third-order valence-corrected chi connectivity index (χ3v) is 8.67. The lowest BCUT2D eigenvalue weighted by atomic mass is 10.0. The van der Waals surface area contributed by atoms with E-state index in [1.807, 2.05) is 38.1 Å². The summed E-state index contributed by atoms with van der Waals surface area (Å²) >= 11 is 0. The van der Waals surface area contributed by atoms with Gasteiger partial charge in [-0.15, -0.1) is 0 Å². The van der Waals surface area contributed by atoms with Crippen LogP contribution in [0.15, 0.2) is 152 Å². The zero-order valence-electron chi connectivity index (χ0n) is 26.7. The SMILES string of the molecule is Cc1nc2ccc(-c3cccc(-c4nc(-c5ccc(-c6ccccc6)cc5)nc(-c5ccc(-c6ccccc6)cc5)n4)c3)cc2nc1C. The third kappa shape index (κ3) is 5.85. The average molecular weight is 618 g/mol. The summed E-state index contributed by atoms with van der Waals surface area (Å²) < 4.78 is 0. The summed E-state index contributed by atoms with van der Waals surface area (Å²) in [5, 5.41) is 0. The van der Waals surface area contributed by atoms with Crippen LogP contribution in [0.2, 0.25) is 0 Å². The molecule has 0 amide bonds. The molecule has 48 heavy (non-hydrogen) atoms. The molecule has 0 aliphatic heterocycles. The van der Waals surface area contributed by atoms with Crippen molar-refractivity contribution in [2.24, 2.45) is 0 Å². The predicted molar refractivity (Wildman–Crippen MR) is 195 cm³/mol. The van der Waals surface area contributed by atoms with E-state index >= 15 is 0 Å². The number of hydrogen-bond donors (Lipinski definition) is 0. The number of rotatable bonds is 6. The van der Waals surface area contributed by atoms with Gasteiger partial charge in [-0.25, -0.2) is 24.9 Å². The van der Waals surface area contributed by atoms with E-state index < -0.39 is 0 Å². The zero-order valence-corrected chi connectivity index (χ0v) is 26.7. The molecule has 0 spiro atoms. The maximum absolute atomic E-state index is 5.03. The lowest BCUT2D eigenvalue weighted by Crippen LogP contribution is -2.00. The first kappa shape index (κ1) is 29.1. The van der Waals surface area contributed by atoms with Gasteiger partial charge in [-0.05, 0) is 65.4 Å². The van der Waals surface area contributed by atoms with Crippen molar-refractivity contribution < 1.29 is 0 Å². The molecule has 8 rings (SSSR count). The molecule has 0 saturated carbocycles. The standard InChI is InChI=1S/C43H31N5/c1-28-29(2)45-40-27-37(24-25-39(40)44-28)36-14-9-15-38(26-36)43-47-41(34-20-16-32(17-21-34)30-10-5-3-6-11-30)46-42(48-43)35-22-18-33(19-23-35)31-12-7-4-8-13-31/h3-27H,1-2H3. The second-order valence-electron chi connectivity index (χ2n) is 11.9. The molecule has 0 radical (unpaired) electrons. The second-order valence-corrected chi connectivity index (χ2v) is 11.9. The highest BCUT2D eigenvalue weighted by Gasteiger charge is 2.14. The van der Waals surface area contributed by atoms with Crippen molar-refractivity contribution in [1.82, 2.24) is 24.9 Å². The van der Waals surface area contributed by atoms with Crippen LogP contribution in [-0.4, -0.2) is 24.9 Å². The Morgan fingerprint density at radius 3 is 1.19 bits per heavy atom. The van der Waals surface area contributed by atoms with Crippen LogP contribution in [0.1, 0.15) is 11.4 Å². The van der Waals surface area contributed by atoms with E-state index in [4.69, 9.17) is 24.9 Å². The number of aromatic nitrogens is 5. The van der Waals surface area contributed by atoms with E-state index in [-0.39, 0.29) is 0 Å². The smallest absolute Gasteiger partial charge is 0.164 e. The van der Waals surface area contributed by atoms with Crippen LogP contribution >= 0.6 is 0 Å². The Labute approximate surface area is 279 Å². The summed E-state index contributed by atoms with van der Waals surface area (Å²) in [5.74, 6) is 1.86. The lowest BCUT2D eigenvalue weighted by Gasteiger charge is -2.11. The van der Waals surface area contributed by atoms with Gasteiger partial charge < -0.3 is 0 Å². The molecule has 0 atom stereocenters. The van der Waals surface area contributed by atoms with E-state index in [1.165, 1.54) is 11.1 Å². The molecular formula is C43H31N5. The minimum atomic E-state index is 0.614. The lowest BCUT2D eigenvalue weighted by molar-refractivity contribution is 1.07. The number of hydrogen-bond acceptors (Lipinski definition) is 5. The van der Waals surface area contributed by atoms with Gasteiger partial charge in [0, 0.05) is 16.7 Å². The van der Waals surface area contributed by atoms with Gasteiger partial charge in [0.1, 0.15) is 0 Å². The highest BCUT2D eigenvalue weighted by molar-refractivity contribution is 5.83. The number of fused-ring (bicyclic) bond motifs is 1. The fourth-order valence-electron chi connectivity index (χ4n) is 5.90. The molecule has 0 N–H and O–H groups in total. The van der Waals surface area contributed by atoms with Crippen molar-refractivity contribution in [2.45, 2.75) is 13.8 Å². The van der Waals surface area contributed by atoms with Gasteiger partial charge in [0.15, 0.2) is 17.5 Å². The van der Waals surface area contributed by atoms with Gasteiger partial charge in [0.2, 0.25) is 0 Å². The van der Waals surface area contributed by atoms with E-state index in [1.54, 1.807) is 0 Å². The van der Waals surface area contributed by atoms with Crippen molar-refractivity contribution in [3.63, 3.8) is 0 Å². The first-order valence-corrected chi connectivity index (χ1v) is 16.0. The quantitative estimate of drug-likeness (QED) is 0.186. The average Bonchev–Trinajstić information content (AvgIpc) is 3.16. The van der Waals surface area contributed by atoms with Crippen molar-refractivity contribution >= 4 is 11.0 Å². The Hall–Kier alpha value is -6.33. The first-order chi connectivity index (χ1) is 23.6. The molecule has 5 heteroatoms. The van der Waals surface area contributed by atoms with Crippen molar-refractivity contribution in [1.29, 1.82) is 0 Å². The molecule has 0 saturated heterocycles. The normalized spacial score (nSPS) is 11.1. The largest absolute Gasteiger partial charge is 0.250 e. The first-order valence-electron chi connectivity index (χ1n) is 16.0. The molecule has 0 unspecified atom stereocenters. The van der Waals surface area contributed by atoms with E-state index in [0.29, 0.717) is 17.5 Å². The summed E-state index contributed by atoms with van der Waals surface area (Å²) in [4.78, 5) is 24.5. The summed E-state index contributed by atoms with van der Waals surface area (Å²) in [6.45, 7) is 3.99. The van der Waals surface area contributed by atoms with Crippen LogP contribution in [0.3, 0.4) is 0 Å². The van der Waals surface area contributed by atoms with Crippen LogP contribution < -0.4 is 0 Å². The van der Waals surface area contributed by atoms with Crippen LogP contribution in [0.5, 0.6) is 0 Å². The summed E-state index contributed by atoms with van der Waals surface area (Å²) in [6, 6.07) is 52.1. The monoisotopic (exact) mass is 617 g/mol. The minimum Gasteiger partial charge on any atom is -0.250 e. The fraction of sp³-hybridized carbons (Fsp3) is 0.0465. The van der Waals surface area contributed by atoms with Gasteiger partial charge >= 0.3 is 0 Å². The summed E-state index contributed by atoms with van der Waals surface area (Å²) in [7, 11) is 0. The molecule has 2 heterocycles. The number of nitrogens with zero attached hydrogens (tertiary/aromatic N) is 5. The van der Waals surface area contributed by atoms with Crippen LogP contribution in [-0.2, 0) is 0 Å². The highest BCUT2D eigenvalue weighted by atomic mass is 15.0. The molecular weight excluding hydrogens is 587 g/mol. The van der Waals surface area contributed by atoms with Crippen LogP contribution in [0, 0.1) is 13.8 Å².